The Morgan fingerprint density at radius 3 is 3.10 bits per heavy atom. The molecular formula is C17H22N2O2. The second-order valence-electron chi connectivity index (χ2n) is 5.81. The number of benzene rings is 1. The molecule has 0 bridgehead atoms. The minimum atomic E-state index is -0.0959. The van der Waals surface area contributed by atoms with Crippen LogP contribution < -0.4 is 10.6 Å². The van der Waals surface area contributed by atoms with E-state index in [0.717, 1.165) is 29.7 Å². The molecule has 1 saturated heterocycles. The summed E-state index contributed by atoms with van der Waals surface area (Å²) in [5.74, 6) is 0.903. The first-order valence-electron chi connectivity index (χ1n) is 7.73. The molecule has 4 nitrogen and oxygen atoms in total. The lowest BCUT2D eigenvalue weighted by Gasteiger charge is -2.13. The van der Waals surface area contributed by atoms with Crippen LogP contribution in [-0.2, 0) is 4.79 Å². The van der Waals surface area contributed by atoms with Crippen LogP contribution in [0.3, 0.4) is 0 Å². The predicted octanol–water partition coefficient (Wildman–Crippen LogP) is 3.14. The van der Waals surface area contributed by atoms with Gasteiger partial charge >= 0.3 is 0 Å². The van der Waals surface area contributed by atoms with E-state index in [2.05, 4.69) is 10.6 Å². The predicted molar refractivity (Wildman–Crippen MR) is 83.0 cm³/mol. The average molecular weight is 286 g/mol. The van der Waals surface area contributed by atoms with E-state index in [0.29, 0.717) is 12.5 Å². The highest BCUT2D eigenvalue weighted by Crippen LogP contribution is 2.23. The number of furan rings is 1. The van der Waals surface area contributed by atoms with Gasteiger partial charge in [-0.05, 0) is 44.9 Å². The zero-order chi connectivity index (χ0) is 14.7. The van der Waals surface area contributed by atoms with Gasteiger partial charge in [0.2, 0.25) is 5.91 Å². The van der Waals surface area contributed by atoms with E-state index in [1.165, 1.54) is 12.8 Å². The maximum Gasteiger partial charge on any atom is 0.220 e. The van der Waals surface area contributed by atoms with Gasteiger partial charge in [0, 0.05) is 17.8 Å². The number of nitrogens with one attached hydrogen (secondary N) is 2. The molecule has 3 rings (SSSR count). The first-order chi connectivity index (χ1) is 10.2. The summed E-state index contributed by atoms with van der Waals surface area (Å²) < 4.78 is 5.78. The molecule has 2 aromatic rings. The Balaban J connectivity index is 1.54. The summed E-state index contributed by atoms with van der Waals surface area (Å²) in [5, 5.41) is 7.51. The number of amides is 1. The van der Waals surface area contributed by atoms with Crippen LogP contribution in [0.4, 0.5) is 0 Å². The summed E-state index contributed by atoms with van der Waals surface area (Å²) in [6, 6.07) is 10.3. The first kappa shape index (κ1) is 14.1. The van der Waals surface area contributed by atoms with Gasteiger partial charge in [-0.15, -0.1) is 0 Å². The van der Waals surface area contributed by atoms with Crippen molar-refractivity contribution in [2.24, 2.45) is 0 Å². The molecule has 1 fully saturated rings. The normalized spacial score (nSPS) is 19.8. The van der Waals surface area contributed by atoms with E-state index in [1.54, 1.807) is 0 Å². The number of fused-ring (bicyclic) bond motifs is 1. The van der Waals surface area contributed by atoms with Crippen LogP contribution in [-0.4, -0.2) is 18.5 Å². The monoisotopic (exact) mass is 286 g/mol. The largest absolute Gasteiger partial charge is 0.459 e. The number of rotatable bonds is 5. The molecule has 1 amide bonds. The fourth-order valence-corrected chi connectivity index (χ4v) is 2.91. The summed E-state index contributed by atoms with van der Waals surface area (Å²) in [6.45, 7) is 3.05. The van der Waals surface area contributed by atoms with E-state index >= 15 is 0 Å². The molecule has 2 heterocycles. The summed E-state index contributed by atoms with van der Waals surface area (Å²) >= 11 is 0. The lowest BCUT2D eigenvalue weighted by molar-refractivity contribution is -0.122. The van der Waals surface area contributed by atoms with Crippen molar-refractivity contribution in [3.05, 3.63) is 36.1 Å². The third-order valence-electron chi connectivity index (χ3n) is 4.13. The van der Waals surface area contributed by atoms with Crippen molar-refractivity contribution in [2.75, 3.05) is 6.54 Å². The van der Waals surface area contributed by atoms with Crippen LogP contribution in [0, 0.1) is 0 Å². The lowest BCUT2D eigenvalue weighted by atomic mass is 10.1. The Labute approximate surface area is 124 Å². The van der Waals surface area contributed by atoms with Gasteiger partial charge in [0.25, 0.3) is 0 Å². The van der Waals surface area contributed by atoms with Crippen molar-refractivity contribution in [2.45, 2.75) is 44.7 Å². The standard InChI is InChI=1S/C17H22N2O2/c1-12(16-11-13-5-2-3-7-15(13)21-16)19-17(20)9-8-14-6-4-10-18-14/h2-3,5,7,11-12,14,18H,4,6,8-10H2,1H3,(H,19,20). The van der Waals surface area contributed by atoms with E-state index in [4.69, 9.17) is 4.42 Å². The highest BCUT2D eigenvalue weighted by Gasteiger charge is 2.17. The molecule has 4 heteroatoms. The second kappa shape index (κ2) is 6.31. The minimum Gasteiger partial charge on any atom is -0.459 e. The molecule has 0 spiro atoms. The number of para-hydroxylation sites is 1. The molecule has 1 aromatic carbocycles. The molecule has 1 aliphatic heterocycles. The number of carbonyl (C=O) groups excluding carboxylic acids is 1. The van der Waals surface area contributed by atoms with E-state index in [1.807, 2.05) is 37.3 Å². The van der Waals surface area contributed by atoms with Gasteiger partial charge in [-0.3, -0.25) is 4.79 Å². The molecule has 2 unspecified atom stereocenters. The highest BCUT2D eigenvalue weighted by molar-refractivity contribution is 5.79. The molecule has 21 heavy (non-hydrogen) atoms. The van der Waals surface area contributed by atoms with Crippen LogP contribution >= 0.6 is 0 Å². The Kier molecular flexibility index (Phi) is 4.25. The fraction of sp³-hybridized carbons (Fsp3) is 0.471. The summed E-state index contributed by atoms with van der Waals surface area (Å²) in [4.78, 5) is 12.0. The Hall–Kier alpha value is -1.81. The minimum absolute atomic E-state index is 0.0941. The van der Waals surface area contributed by atoms with Crippen molar-refractivity contribution in [1.82, 2.24) is 10.6 Å². The number of carbonyl (C=O) groups is 1. The molecule has 2 atom stereocenters. The summed E-state index contributed by atoms with van der Waals surface area (Å²) in [7, 11) is 0. The van der Waals surface area contributed by atoms with Crippen molar-refractivity contribution in [1.29, 1.82) is 0 Å². The van der Waals surface area contributed by atoms with Gasteiger partial charge in [0.15, 0.2) is 0 Å². The quantitative estimate of drug-likeness (QED) is 0.888. The molecule has 1 aromatic heterocycles. The van der Waals surface area contributed by atoms with Crippen LogP contribution in [0.25, 0.3) is 11.0 Å². The van der Waals surface area contributed by atoms with Crippen molar-refractivity contribution in [3.63, 3.8) is 0 Å². The smallest absolute Gasteiger partial charge is 0.220 e. The van der Waals surface area contributed by atoms with Crippen molar-refractivity contribution in [3.8, 4) is 0 Å². The maximum atomic E-state index is 12.0. The first-order valence-corrected chi connectivity index (χ1v) is 7.73. The van der Waals surface area contributed by atoms with Gasteiger partial charge in [-0.2, -0.15) is 0 Å². The maximum absolute atomic E-state index is 12.0. The number of hydrogen-bond donors (Lipinski definition) is 2. The van der Waals surface area contributed by atoms with E-state index < -0.39 is 0 Å². The Morgan fingerprint density at radius 2 is 2.33 bits per heavy atom. The molecular weight excluding hydrogens is 264 g/mol. The van der Waals surface area contributed by atoms with Gasteiger partial charge in [0.05, 0.1) is 6.04 Å². The molecule has 1 aliphatic rings. The molecule has 0 aliphatic carbocycles. The SMILES string of the molecule is CC(NC(=O)CCC1CCCN1)c1cc2ccccc2o1. The second-order valence-corrected chi connectivity index (χ2v) is 5.81. The number of hydrogen-bond acceptors (Lipinski definition) is 3. The summed E-state index contributed by atoms with van der Waals surface area (Å²) in [5.41, 5.74) is 0.865. The van der Waals surface area contributed by atoms with Gasteiger partial charge in [-0.1, -0.05) is 18.2 Å². The van der Waals surface area contributed by atoms with E-state index in [9.17, 15) is 4.79 Å². The van der Waals surface area contributed by atoms with Gasteiger partial charge < -0.3 is 15.1 Å². The zero-order valence-corrected chi connectivity index (χ0v) is 12.4. The van der Waals surface area contributed by atoms with Crippen molar-refractivity contribution < 1.29 is 9.21 Å². The van der Waals surface area contributed by atoms with Crippen LogP contribution in [0.5, 0.6) is 0 Å². The van der Waals surface area contributed by atoms with Gasteiger partial charge in [-0.25, -0.2) is 0 Å². The Morgan fingerprint density at radius 1 is 1.48 bits per heavy atom. The average Bonchev–Trinajstić information content (AvgIpc) is 3.14. The van der Waals surface area contributed by atoms with Crippen LogP contribution in [0.15, 0.2) is 34.7 Å². The van der Waals surface area contributed by atoms with Crippen LogP contribution in [0.1, 0.15) is 44.4 Å². The Bertz CT molecular complexity index is 581. The topological polar surface area (TPSA) is 54.3 Å². The summed E-state index contributed by atoms with van der Waals surface area (Å²) in [6.07, 6.45) is 3.90. The van der Waals surface area contributed by atoms with E-state index in [-0.39, 0.29) is 11.9 Å². The van der Waals surface area contributed by atoms with Crippen molar-refractivity contribution >= 4 is 16.9 Å². The van der Waals surface area contributed by atoms with Crippen LogP contribution in [0.2, 0.25) is 0 Å². The lowest BCUT2D eigenvalue weighted by Crippen LogP contribution is -2.29. The molecule has 112 valence electrons. The van der Waals surface area contributed by atoms with Gasteiger partial charge in [0.1, 0.15) is 11.3 Å². The highest BCUT2D eigenvalue weighted by atomic mass is 16.3. The fourth-order valence-electron chi connectivity index (χ4n) is 2.91. The zero-order valence-electron chi connectivity index (χ0n) is 12.4. The third kappa shape index (κ3) is 3.45. The molecule has 0 saturated carbocycles. The third-order valence-corrected chi connectivity index (χ3v) is 4.13. The molecule has 2 N–H and O–H groups in total. The molecule has 0 radical (unpaired) electrons.